The van der Waals surface area contributed by atoms with Crippen molar-refractivity contribution < 1.29 is 32.9 Å². The van der Waals surface area contributed by atoms with Gasteiger partial charge in [0.1, 0.15) is 11.6 Å². The van der Waals surface area contributed by atoms with Crippen LogP contribution < -0.4 is 15.5 Å². The minimum atomic E-state index is -4.24. The van der Waals surface area contributed by atoms with Gasteiger partial charge in [-0.15, -0.1) is 0 Å². The molecule has 2 saturated heterocycles. The molecule has 4 rings (SSSR count). The van der Waals surface area contributed by atoms with Gasteiger partial charge in [0.25, 0.3) is 0 Å². The summed E-state index contributed by atoms with van der Waals surface area (Å²) in [7, 11) is 0. The Kier molecular flexibility index (Phi) is 8.95. The number of nitrogens with zero attached hydrogens (tertiary/aromatic N) is 3. The Morgan fingerprint density at radius 2 is 1.97 bits per heavy atom. The lowest BCUT2D eigenvalue weighted by Gasteiger charge is -2.29. The number of hydrogen-bond acceptors (Lipinski definition) is 7. The third-order valence-electron chi connectivity index (χ3n) is 6.77. The van der Waals surface area contributed by atoms with Gasteiger partial charge < -0.3 is 35.4 Å². The quantitative estimate of drug-likeness (QED) is 0.408. The molecular weight excluding hydrogens is 503 g/mol. The van der Waals surface area contributed by atoms with E-state index in [0.717, 1.165) is 22.5 Å². The number of pyridine rings is 1. The number of carbonyl (C=O) groups excluding carboxylic acids is 1. The molecule has 0 radical (unpaired) electrons. The van der Waals surface area contributed by atoms with Crippen LogP contribution in [-0.4, -0.2) is 91.0 Å². The number of rotatable bonds is 8. The van der Waals surface area contributed by atoms with E-state index in [9.17, 15) is 23.1 Å². The smallest absolute Gasteiger partial charge is 0.389 e. The Morgan fingerprint density at radius 3 is 2.68 bits per heavy atom. The van der Waals surface area contributed by atoms with Gasteiger partial charge in [0.05, 0.1) is 25.9 Å². The first-order valence-electron chi connectivity index (χ1n) is 12.7. The second-order valence-corrected chi connectivity index (χ2v) is 9.80. The Labute approximate surface area is 219 Å². The summed E-state index contributed by atoms with van der Waals surface area (Å²) >= 11 is 0. The van der Waals surface area contributed by atoms with Crippen LogP contribution in [0.15, 0.2) is 30.3 Å². The fourth-order valence-corrected chi connectivity index (χ4v) is 4.73. The van der Waals surface area contributed by atoms with Crippen molar-refractivity contribution in [2.45, 2.75) is 32.0 Å². The molecule has 9 nitrogen and oxygen atoms in total. The zero-order valence-corrected chi connectivity index (χ0v) is 21.3. The van der Waals surface area contributed by atoms with Crippen molar-refractivity contribution in [2.75, 3.05) is 68.1 Å². The number of ether oxygens (including phenoxy) is 1. The summed E-state index contributed by atoms with van der Waals surface area (Å²) in [5, 5.41) is 24.9. The molecule has 2 aliphatic rings. The van der Waals surface area contributed by atoms with E-state index in [0.29, 0.717) is 44.2 Å². The predicted octanol–water partition coefficient (Wildman–Crippen LogP) is 3.46. The van der Waals surface area contributed by atoms with Crippen LogP contribution in [0.5, 0.6) is 0 Å². The Bertz CT molecular complexity index is 1110. The summed E-state index contributed by atoms with van der Waals surface area (Å²) in [4.78, 5) is 21.0. The number of aryl methyl sites for hydroxylation is 1. The van der Waals surface area contributed by atoms with Gasteiger partial charge in [0.15, 0.2) is 0 Å². The van der Waals surface area contributed by atoms with E-state index in [1.165, 1.54) is 4.90 Å². The maximum absolute atomic E-state index is 12.8. The van der Waals surface area contributed by atoms with Crippen molar-refractivity contribution in [2.24, 2.45) is 5.92 Å². The lowest BCUT2D eigenvalue weighted by atomic mass is 10.00. The number of aromatic nitrogens is 1. The highest BCUT2D eigenvalue weighted by Crippen LogP contribution is 2.33. The number of halogens is 3. The number of hydrogen-bond donors (Lipinski definition) is 4. The molecule has 3 heterocycles. The molecule has 38 heavy (non-hydrogen) atoms. The number of aliphatic hydroxyl groups is 2. The zero-order valence-electron chi connectivity index (χ0n) is 21.3. The fraction of sp³-hybridized carbons (Fsp3) is 0.538. The fourth-order valence-electron chi connectivity index (χ4n) is 4.73. The highest BCUT2D eigenvalue weighted by atomic mass is 19.4. The first kappa shape index (κ1) is 27.9. The van der Waals surface area contributed by atoms with Gasteiger partial charge in [-0.2, -0.15) is 13.2 Å². The SMILES string of the molecule is Cc1ccc(NC(=O)N2CC[C@@H](CC(F)(F)F)C2)cc1-c1cc(NC[C@H](O)CO)nc(N2CCOCC2)c1. The summed E-state index contributed by atoms with van der Waals surface area (Å²) in [6.07, 6.45) is -5.73. The Hall–Kier alpha value is -3.09. The van der Waals surface area contributed by atoms with Crippen molar-refractivity contribution in [1.29, 1.82) is 0 Å². The number of benzene rings is 1. The van der Waals surface area contributed by atoms with Gasteiger partial charge in [-0.1, -0.05) is 6.07 Å². The normalized spacial score (nSPS) is 18.9. The highest BCUT2D eigenvalue weighted by molar-refractivity contribution is 5.91. The molecule has 0 spiro atoms. The van der Waals surface area contributed by atoms with Gasteiger partial charge >= 0.3 is 12.2 Å². The molecule has 2 aromatic rings. The maximum atomic E-state index is 12.8. The van der Waals surface area contributed by atoms with Crippen molar-refractivity contribution in [3.8, 4) is 11.1 Å². The summed E-state index contributed by atoms with van der Waals surface area (Å²) < 4.78 is 43.7. The number of anilines is 3. The number of amides is 2. The van der Waals surface area contributed by atoms with Crippen LogP contribution in [-0.2, 0) is 4.74 Å². The first-order valence-corrected chi connectivity index (χ1v) is 12.7. The second-order valence-electron chi connectivity index (χ2n) is 9.80. The van der Waals surface area contributed by atoms with Crippen LogP contribution in [0.1, 0.15) is 18.4 Å². The lowest BCUT2D eigenvalue weighted by molar-refractivity contribution is -0.143. The lowest BCUT2D eigenvalue weighted by Crippen LogP contribution is -2.36. The molecule has 1 aromatic heterocycles. The minimum Gasteiger partial charge on any atom is -0.394 e. The predicted molar refractivity (Wildman–Crippen MR) is 138 cm³/mol. The van der Waals surface area contributed by atoms with Crippen LogP contribution in [0.2, 0.25) is 0 Å². The van der Waals surface area contributed by atoms with E-state index in [1.54, 1.807) is 6.07 Å². The molecule has 2 fully saturated rings. The molecule has 1 aromatic carbocycles. The average molecular weight is 538 g/mol. The van der Waals surface area contributed by atoms with Gasteiger partial charge in [-0.05, 0) is 60.2 Å². The number of aliphatic hydroxyl groups excluding tert-OH is 2. The Balaban J connectivity index is 1.54. The highest BCUT2D eigenvalue weighted by Gasteiger charge is 2.36. The number of likely N-dealkylation sites (tertiary alicyclic amines) is 1. The summed E-state index contributed by atoms with van der Waals surface area (Å²) in [6, 6.07) is 8.84. The number of alkyl halides is 3. The van der Waals surface area contributed by atoms with Crippen LogP contribution in [0.4, 0.5) is 35.3 Å². The molecule has 2 amide bonds. The van der Waals surface area contributed by atoms with E-state index < -0.39 is 30.7 Å². The summed E-state index contributed by atoms with van der Waals surface area (Å²) in [5.74, 6) is 0.673. The third kappa shape index (κ3) is 7.49. The molecule has 12 heteroatoms. The molecule has 0 saturated carbocycles. The zero-order chi connectivity index (χ0) is 27.3. The van der Waals surface area contributed by atoms with Crippen molar-refractivity contribution in [3.05, 3.63) is 35.9 Å². The molecule has 2 aliphatic heterocycles. The van der Waals surface area contributed by atoms with E-state index in [4.69, 9.17) is 9.84 Å². The third-order valence-corrected chi connectivity index (χ3v) is 6.77. The molecule has 208 valence electrons. The van der Waals surface area contributed by atoms with E-state index in [2.05, 4.69) is 20.5 Å². The molecule has 4 N–H and O–H groups in total. The van der Waals surface area contributed by atoms with E-state index >= 15 is 0 Å². The van der Waals surface area contributed by atoms with Crippen LogP contribution >= 0.6 is 0 Å². The average Bonchev–Trinajstić information content (AvgIpc) is 3.35. The number of urea groups is 1. The topological polar surface area (TPSA) is 110 Å². The molecule has 0 aliphatic carbocycles. The Morgan fingerprint density at radius 1 is 1.21 bits per heavy atom. The largest absolute Gasteiger partial charge is 0.394 e. The van der Waals surface area contributed by atoms with Gasteiger partial charge in [-0.25, -0.2) is 9.78 Å². The second kappa shape index (κ2) is 12.2. The number of morpholine rings is 1. The van der Waals surface area contributed by atoms with Crippen molar-refractivity contribution in [1.82, 2.24) is 9.88 Å². The van der Waals surface area contributed by atoms with Gasteiger partial charge in [-0.3, -0.25) is 0 Å². The standard InChI is InChI=1S/C26H34F3N5O4/c1-17-2-3-20(31-25(37)34-5-4-18(15-34)13-26(27,28)29)12-22(17)19-10-23(30-14-21(36)16-35)32-24(11-19)33-6-8-38-9-7-33/h2-3,10-12,18,21,35-36H,4-9,13-16H2,1H3,(H,30,32)(H,31,37)/t18-,21-/m0/s1. The van der Waals surface area contributed by atoms with Crippen molar-refractivity contribution >= 4 is 23.4 Å². The molecule has 0 bridgehead atoms. The number of nitrogens with one attached hydrogen (secondary N) is 2. The van der Waals surface area contributed by atoms with Gasteiger partial charge in [0.2, 0.25) is 0 Å². The van der Waals surface area contributed by atoms with Crippen LogP contribution in [0.25, 0.3) is 11.1 Å². The van der Waals surface area contributed by atoms with E-state index in [1.807, 2.05) is 31.2 Å². The van der Waals surface area contributed by atoms with Crippen molar-refractivity contribution in [3.63, 3.8) is 0 Å². The number of carbonyl (C=O) groups is 1. The van der Waals surface area contributed by atoms with Crippen LogP contribution in [0.3, 0.4) is 0 Å². The first-order chi connectivity index (χ1) is 18.1. The maximum Gasteiger partial charge on any atom is 0.389 e. The monoisotopic (exact) mass is 537 g/mol. The molecule has 0 unspecified atom stereocenters. The summed E-state index contributed by atoms with van der Waals surface area (Å²) in [5.41, 5.74) is 3.17. The van der Waals surface area contributed by atoms with Crippen LogP contribution in [0, 0.1) is 12.8 Å². The molecule has 2 atom stereocenters. The summed E-state index contributed by atoms with van der Waals surface area (Å²) in [6.45, 7) is 4.57. The van der Waals surface area contributed by atoms with E-state index in [-0.39, 0.29) is 26.2 Å². The molecular formula is C26H34F3N5O4. The minimum absolute atomic E-state index is 0.0754. The van der Waals surface area contributed by atoms with Gasteiger partial charge in [0, 0.05) is 44.8 Å².